The van der Waals surface area contributed by atoms with E-state index < -0.39 is 12.1 Å². The van der Waals surface area contributed by atoms with Gasteiger partial charge in [0.05, 0.1) is 25.4 Å². The van der Waals surface area contributed by atoms with Crippen molar-refractivity contribution in [3.63, 3.8) is 0 Å². The van der Waals surface area contributed by atoms with Crippen LogP contribution in [0.4, 0.5) is 0 Å². The zero-order valence-electron chi connectivity index (χ0n) is 52.7. The maximum absolute atomic E-state index is 12.5. The Hall–Kier alpha value is -1.92. The summed E-state index contributed by atoms with van der Waals surface area (Å²) in [6.45, 7) is 4.88. The molecule has 0 fully saturated rings. The van der Waals surface area contributed by atoms with Gasteiger partial charge < -0.3 is 20.3 Å². The van der Waals surface area contributed by atoms with Gasteiger partial charge in [0.25, 0.3) is 0 Å². The molecule has 78 heavy (non-hydrogen) atoms. The smallest absolute Gasteiger partial charge is 0.305 e. The Balaban J connectivity index is 3.33. The van der Waals surface area contributed by atoms with E-state index in [9.17, 15) is 19.8 Å². The molecule has 0 rings (SSSR count). The summed E-state index contributed by atoms with van der Waals surface area (Å²) in [6.07, 6.45) is 86.6. The number of esters is 1. The number of ether oxygens (including phenoxy) is 1. The zero-order valence-corrected chi connectivity index (χ0v) is 52.7. The summed E-state index contributed by atoms with van der Waals surface area (Å²) >= 11 is 0. The fourth-order valence-corrected chi connectivity index (χ4v) is 11.0. The van der Waals surface area contributed by atoms with Crippen LogP contribution in [-0.2, 0) is 14.3 Å². The first kappa shape index (κ1) is 76.1. The number of rotatable bonds is 66. The first-order chi connectivity index (χ1) is 38.5. The van der Waals surface area contributed by atoms with Crippen LogP contribution in [0.3, 0.4) is 0 Å². The van der Waals surface area contributed by atoms with Gasteiger partial charge in [-0.3, -0.25) is 9.59 Å². The molecule has 0 bridgehead atoms. The Kier molecular flexibility index (Phi) is 65.9. The van der Waals surface area contributed by atoms with Crippen LogP contribution in [0.15, 0.2) is 36.5 Å². The number of carbonyl (C=O) groups excluding carboxylic acids is 2. The lowest BCUT2D eigenvalue weighted by atomic mass is 10.0. The van der Waals surface area contributed by atoms with Crippen molar-refractivity contribution in [3.8, 4) is 0 Å². The highest BCUT2D eigenvalue weighted by atomic mass is 16.5. The van der Waals surface area contributed by atoms with Gasteiger partial charge in [0, 0.05) is 12.8 Å². The molecule has 0 saturated carbocycles. The van der Waals surface area contributed by atoms with Gasteiger partial charge in [0.2, 0.25) is 5.91 Å². The highest BCUT2D eigenvalue weighted by Crippen LogP contribution is 2.19. The van der Waals surface area contributed by atoms with Crippen LogP contribution in [0.2, 0.25) is 0 Å². The molecule has 0 aromatic heterocycles. The number of hydrogen-bond acceptors (Lipinski definition) is 5. The average molecular weight is 1100 g/mol. The number of unbranched alkanes of at least 4 members (excludes halogenated alkanes) is 51. The number of carbonyl (C=O) groups is 2. The molecule has 1 amide bonds. The largest absolute Gasteiger partial charge is 0.466 e. The molecule has 3 N–H and O–H groups in total. The maximum Gasteiger partial charge on any atom is 0.305 e. The van der Waals surface area contributed by atoms with Crippen molar-refractivity contribution in [2.45, 2.75) is 398 Å². The lowest BCUT2D eigenvalue weighted by Crippen LogP contribution is -2.45. The van der Waals surface area contributed by atoms with E-state index in [-0.39, 0.29) is 18.5 Å². The molecular weight excluding hydrogens is 959 g/mol. The Morgan fingerprint density at radius 3 is 1.01 bits per heavy atom. The lowest BCUT2D eigenvalue weighted by molar-refractivity contribution is -0.143. The first-order valence-corrected chi connectivity index (χ1v) is 35.3. The van der Waals surface area contributed by atoms with Gasteiger partial charge >= 0.3 is 5.97 Å². The fourth-order valence-electron chi connectivity index (χ4n) is 11.0. The third-order valence-electron chi connectivity index (χ3n) is 16.4. The molecule has 0 aliphatic heterocycles. The van der Waals surface area contributed by atoms with Gasteiger partial charge in [-0.2, -0.15) is 0 Å². The van der Waals surface area contributed by atoms with Crippen molar-refractivity contribution >= 4 is 11.9 Å². The Morgan fingerprint density at radius 2 is 0.654 bits per heavy atom. The standard InChI is InChI=1S/C72H137NO5/c1-3-5-7-9-11-13-15-17-40-44-48-52-56-60-64-70(75)69(68-74)73-71(76)65-61-57-53-49-45-41-38-36-34-32-30-28-26-24-22-20-19-21-23-25-27-29-31-33-35-37-39-43-47-51-55-59-63-67-78-72(77)66-62-58-54-50-46-42-18-16-14-12-10-8-6-4-2/h10,12,16,18,60,64,69-70,74-75H,3-9,11,13-15,17,19-59,61-63,65-68H2,1-2H3,(H,73,76)/b12-10-,18-16-,64-60+. The summed E-state index contributed by atoms with van der Waals surface area (Å²) in [5.41, 5.74) is 0. The van der Waals surface area contributed by atoms with Gasteiger partial charge in [-0.25, -0.2) is 0 Å². The molecule has 0 aromatic carbocycles. The Bertz CT molecular complexity index is 1260. The van der Waals surface area contributed by atoms with E-state index in [1.807, 2.05) is 6.08 Å². The SMILES string of the molecule is CCCC/C=C\C/C=C\CCCCCCCC(=O)OCCCCCCCCCCCCCCCCCCCCCCCCCCCCCCCCCCCC(=O)NC(CO)C(O)/C=C/CCCCCCCCCCCCCC. The van der Waals surface area contributed by atoms with Gasteiger partial charge in [0.1, 0.15) is 0 Å². The number of amides is 1. The van der Waals surface area contributed by atoms with Crippen molar-refractivity contribution in [2.24, 2.45) is 0 Å². The summed E-state index contributed by atoms with van der Waals surface area (Å²) < 4.78 is 5.48. The summed E-state index contributed by atoms with van der Waals surface area (Å²) in [4.78, 5) is 24.5. The van der Waals surface area contributed by atoms with Crippen molar-refractivity contribution in [1.82, 2.24) is 5.32 Å². The monoisotopic (exact) mass is 1100 g/mol. The third-order valence-corrected chi connectivity index (χ3v) is 16.4. The van der Waals surface area contributed by atoms with Crippen LogP contribution in [0, 0.1) is 0 Å². The molecule has 2 unspecified atom stereocenters. The second-order valence-electron chi connectivity index (χ2n) is 24.2. The van der Waals surface area contributed by atoms with Crippen LogP contribution in [0.1, 0.15) is 386 Å². The average Bonchev–Trinajstić information content (AvgIpc) is 3.44. The summed E-state index contributed by atoms with van der Waals surface area (Å²) in [7, 11) is 0. The number of allylic oxidation sites excluding steroid dienone is 5. The second kappa shape index (κ2) is 67.6. The first-order valence-electron chi connectivity index (χ1n) is 35.3. The molecule has 0 aliphatic carbocycles. The Labute approximate surface area is 487 Å². The zero-order chi connectivity index (χ0) is 56.4. The number of nitrogens with one attached hydrogen (secondary N) is 1. The second-order valence-corrected chi connectivity index (χ2v) is 24.2. The molecule has 460 valence electrons. The lowest BCUT2D eigenvalue weighted by Gasteiger charge is -2.20. The minimum absolute atomic E-state index is 0.00696. The van der Waals surface area contributed by atoms with Gasteiger partial charge in [-0.05, 0) is 57.8 Å². The highest BCUT2D eigenvalue weighted by molar-refractivity contribution is 5.76. The van der Waals surface area contributed by atoms with Gasteiger partial charge in [-0.1, -0.05) is 352 Å². The predicted molar refractivity (Wildman–Crippen MR) is 343 cm³/mol. The molecule has 0 saturated heterocycles. The molecule has 0 heterocycles. The molecule has 6 heteroatoms. The van der Waals surface area contributed by atoms with Crippen LogP contribution in [-0.4, -0.2) is 47.4 Å². The van der Waals surface area contributed by atoms with E-state index in [1.165, 1.54) is 308 Å². The number of aliphatic hydroxyl groups is 2. The minimum Gasteiger partial charge on any atom is -0.466 e. The van der Waals surface area contributed by atoms with Crippen LogP contribution < -0.4 is 5.32 Å². The third kappa shape index (κ3) is 63.3. The highest BCUT2D eigenvalue weighted by Gasteiger charge is 2.18. The van der Waals surface area contributed by atoms with Crippen LogP contribution >= 0.6 is 0 Å². The maximum atomic E-state index is 12.5. The van der Waals surface area contributed by atoms with E-state index in [1.54, 1.807) is 6.08 Å². The van der Waals surface area contributed by atoms with Crippen molar-refractivity contribution in [2.75, 3.05) is 13.2 Å². The van der Waals surface area contributed by atoms with E-state index in [0.29, 0.717) is 19.4 Å². The minimum atomic E-state index is -0.840. The van der Waals surface area contributed by atoms with Crippen molar-refractivity contribution in [1.29, 1.82) is 0 Å². The van der Waals surface area contributed by atoms with Crippen molar-refractivity contribution in [3.05, 3.63) is 36.5 Å². The van der Waals surface area contributed by atoms with E-state index in [4.69, 9.17) is 4.74 Å². The predicted octanol–water partition coefficient (Wildman–Crippen LogP) is 22.7. The molecule has 6 nitrogen and oxygen atoms in total. The number of hydrogen-bond donors (Lipinski definition) is 3. The molecule has 0 aliphatic rings. The van der Waals surface area contributed by atoms with Crippen LogP contribution in [0.25, 0.3) is 0 Å². The van der Waals surface area contributed by atoms with E-state index in [2.05, 4.69) is 43.5 Å². The molecular formula is C72H137NO5. The topological polar surface area (TPSA) is 95.9 Å². The molecule has 2 atom stereocenters. The quantitative estimate of drug-likeness (QED) is 0.0320. The Morgan fingerprint density at radius 1 is 0.359 bits per heavy atom. The molecule has 0 spiro atoms. The summed E-state index contributed by atoms with van der Waals surface area (Å²) in [5, 5.41) is 23.1. The molecule has 0 radical (unpaired) electrons. The summed E-state index contributed by atoms with van der Waals surface area (Å²) in [5.74, 6) is -0.0545. The normalized spacial score (nSPS) is 12.7. The van der Waals surface area contributed by atoms with Crippen molar-refractivity contribution < 1.29 is 24.5 Å². The van der Waals surface area contributed by atoms with Crippen LogP contribution in [0.5, 0.6) is 0 Å². The fraction of sp³-hybridized carbons (Fsp3) is 0.889. The van der Waals surface area contributed by atoms with Gasteiger partial charge in [-0.15, -0.1) is 0 Å². The molecule has 0 aromatic rings. The number of aliphatic hydroxyl groups excluding tert-OH is 2. The van der Waals surface area contributed by atoms with E-state index in [0.717, 1.165) is 51.4 Å². The van der Waals surface area contributed by atoms with Gasteiger partial charge in [0.15, 0.2) is 0 Å². The van der Waals surface area contributed by atoms with E-state index >= 15 is 0 Å². The summed E-state index contributed by atoms with van der Waals surface area (Å²) in [6, 6.07) is -0.624.